The van der Waals surface area contributed by atoms with E-state index in [1.165, 1.54) is 23.5 Å². The van der Waals surface area contributed by atoms with Crippen LogP contribution in [0.15, 0.2) is 40.6 Å². The van der Waals surface area contributed by atoms with Gasteiger partial charge in [0.1, 0.15) is 9.96 Å². The van der Waals surface area contributed by atoms with Crippen molar-refractivity contribution in [2.45, 2.75) is 17.2 Å². The molecular formula is C13H14ClNO3S2. The number of sulfonamides is 1. The van der Waals surface area contributed by atoms with Gasteiger partial charge in [0.05, 0.1) is 10.4 Å². The molecule has 0 radical (unpaired) electrons. The molecule has 0 aliphatic rings. The van der Waals surface area contributed by atoms with Gasteiger partial charge in [0.15, 0.2) is 0 Å². The fourth-order valence-corrected chi connectivity index (χ4v) is 4.83. The topological polar surface area (TPSA) is 57.6 Å². The Morgan fingerprint density at radius 3 is 2.45 bits per heavy atom. The molecule has 0 saturated heterocycles. The first-order valence-corrected chi connectivity index (χ1v) is 8.48. The third-order valence-electron chi connectivity index (χ3n) is 3.11. The van der Waals surface area contributed by atoms with Crippen LogP contribution in [0.1, 0.15) is 18.5 Å². The van der Waals surface area contributed by atoms with E-state index < -0.39 is 16.1 Å². The van der Waals surface area contributed by atoms with E-state index in [1.54, 1.807) is 31.2 Å². The quantitative estimate of drug-likeness (QED) is 0.933. The predicted molar refractivity (Wildman–Crippen MR) is 80.8 cm³/mol. The van der Waals surface area contributed by atoms with E-state index in [9.17, 15) is 13.5 Å². The van der Waals surface area contributed by atoms with Crippen LogP contribution in [-0.2, 0) is 10.0 Å². The highest BCUT2D eigenvalue weighted by molar-refractivity contribution is 7.91. The van der Waals surface area contributed by atoms with E-state index in [4.69, 9.17) is 11.6 Å². The molecule has 2 rings (SSSR count). The number of rotatable bonds is 4. The first-order chi connectivity index (χ1) is 9.34. The standard InChI is InChI=1S/C13H14ClNO3S2/c1-9(10-5-3-4-6-11(10)16)15(2)20(17,18)13-8-7-12(14)19-13/h3-9,16H,1-2H3. The zero-order valence-electron chi connectivity index (χ0n) is 10.9. The van der Waals surface area contributed by atoms with Crippen molar-refractivity contribution in [1.82, 2.24) is 4.31 Å². The van der Waals surface area contributed by atoms with Gasteiger partial charge in [0, 0.05) is 12.6 Å². The average molecular weight is 332 g/mol. The van der Waals surface area contributed by atoms with Gasteiger partial charge in [-0.1, -0.05) is 29.8 Å². The lowest BCUT2D eigenvalue weighted by molar-refractivity contribution is 0.382. The summed E-state index contributed by atoms with van der Waals surface area (Å²) in [6, 6.07) is 9.24. The number of hydrogen-bond donors (Lipinski definition) is 1. The van der Waals surface area contributed by atoms with Gasteiger partial charge in [0.25, 0.3) is 10.0 Å². The SMILES string of the molecule is CC(c1ccccc1O)N(C)S(=O)(=O)c1ccc(Cl)s1. The minimum Gasteiger partial charge on any atom is -0.508 e. The Morgan fingerprint density at radius 1 is 1.25 bits per heavy atom. The molecule has 1 aromatic heterocycles. The highest BCUT2D eigenvalue weighted by Gasteiger charge is 2.28. The Morgan fingerprint density at radius 2 is 1.90 bits per heavy atom. The summed E-state index contributed by atoms with van der Waals surface area (Å²) in [5, 5.41) is 9.83. The van der Waals surface area contributed by atoms with Crippen molar-refractivity contribution in [2.24, 2.45) is 0 Å². The molecule has 0 fully saturated rings. The van der Waals surface area contributed by atoms with Crippen molar-refractivity contribution in [3.8, 4) is 5.75 Å². The molecule has 0 saturated carbocycles. The Kier molecular flexibility index (Phi) is 4.39. The monoisotopic (exact) mass is 331 g/mol. The van der Waals surface area contributed by atoms with Crippen LogP contribution in [0.4, 0.5) is 0 Å². The van der Waals surface area contributed by atoms with Crippen molar-refractivity contribution < 1.29 is 13.5 Å². The number of halogens is 1. The second kappa shape index (κ2) is 5.73. The Bertz CT molecular complexity index is 712. The van der Waals surface area contributed by atoms with Crippen LogP contribution in [-0.4, -0.2) is 24.9 Å². The minimum absolute atomic E-state index is 0.0752. The summed E-state index contributed by atoms with van der Waals surface area (Å²) >= 11 is 6.80. The van der Waals surface area contributed by atoms with Crippen LogP contribution in [0.25, 0.3) is 0 Å². The second-order valence-electron chi connectivity index (χ2n) is 4.31. The molecule has 7 heteroatoms. The van der Waals surface area contributed by atoms with Crippen molar-refractivity contribution in [1.29, 1.82) is 0 Å². The highest BCUT2D eigenvalue weighted by Crippen LogP contribution is 2.33. The molecule has 108 valence electrons. The van der Waals surface area contributed by atoms with Gasteiger partial charge in [-0.25, -0.2) is 8.42 Å². The number of phenolic OH excluding ortho intramolecular Hbond substituents is 1. The zero-order valence-corrected chi connectivity index (χ0v) is 13.3. The first kappa shape index (κ1) is 15.3. The van der Waals surface area contributed by atoms with Gasteiger partial charge in [-0.2, -0.15) is 4.31 Å². The van der Waals surface area contributed by atoms with Crippen molar-refractivity contribution in [3.05, 3.63) is 46.3 Å². The summed E-state index contributed by atoms with van der Waals surface area (Å²) in [4.78, 5) is 0. The fourth-order valence-electron chi connectivity index (χ4n) is 1.82. The lowest BCUT2D eigenvalue weighted by Crippen LogP contribution is -2.29. The van der Waals surface area contributed by atoms with Crippen molar-refractivity contribution in [3.63, 3.8) is 0 Å². The molecular weight excluding hydrogens is 318 g/mol. The molecule has 0 amide bonds. The number of para-hydroxylation sites is 1. The number of aromatic hydroxyl groups is 1. The molecule has 20 heavy (non-hydrogen) atoms. The third-order valence-corrected chi connectivity index (χ3v) is 6.74. The molecule has 0 aliphatic heterocycles. The summed E-state index contributed by atoms with van der Waals surface area (Å²) in [5.74, 6) is 0.0752. The van der Waals surface area contributed by atoms with E-state index in [0.29, 0.717) is 9.90 Å². The van der Waals surface area contributed by atoms with E-state index >= 15 is 0 Å². The molecule has 1 atom stereocenters. The fraction of sp³-hybridized carbons (Fsp3) is 0.231. The summed E-state index contributed by atoms with van der Waals surface area (Å²) < 4.78 is 26.8. The molecule has 2 aromatic rings. The highest BCUT2D eigenvalue weighted by atomic mass is 35.5. The second-order valence-corrected chi connectivity index (χ2v) is 8.25. The summed E-state index contributed by atoms with van der Waals surface area (Å²) in [7, 11) is -2.14. The average Bonchev–Trinajstić information content (AvgIpc) is 2.85. The van der Waals surface area contributed by atoms with Gasteiger partial charge in [-0.05, 0) is 25.1 Å². The molecule has 0 spiro atoms. The van der Waals surface area contributed by atoms with Crippen LogP contribution in [0.5, 0.6) is 5.75 Å². The summed E-state index contributed by atoms with van der Waals surface area (Å²) in [5.41, 5.74) is 0.557. The predicted octanol–water partition coefficient (Wildman–Crippen LogP) is 3.49. The Hall–Kier alpha value is -1.08. The van der Waals surface area contributed by atoms with Gasteiger partial charge in [0.2, 0.25) is 0 Å². The molecule has 1 aromatic carbocycles. The van der Waals surface area contributed by atoms with Gasteiger partial charge >= 0.3 is 0 Å². The van der Waals surface area contributed by atoms with E-state index in [0.717, 1.165) is 11.3 Å². The van der Waals surface area contributed by atoms with Crippen LogP contribution in [0.3, 0.4) is 0 Å². The molecule has 1 N–H and O–H groups in total. The van der Waals surface area contributed by atoms with Crippen LogP contribution in [0.2, 0.25) is 4.34 Å². The summed E-state index contributed by atoms with van der Waals surface area (Å²) in [6.07, 6.45) is 0. The first-order valence-electron chi connectivity index (χ1n) is 5.85. The lowest BCUT2D eigenvalue weighted by atomic mass is 10.1. The number of hydrogen-bond acceptors (Lipinski definition) is 4. The van der Waals surface area contributed by atoms with Gasteiger partial charge in [-0.15, -0.1) is 11.3 Å². The number of benzene rings is 1. The Balaban J connectivity index is 2.36. The molecule has 1 unspecified atom stereocenters. The van der Waals surface area contributed by atoms with E-state index in [1.807, 2.05) is 0 Å². The van der Waals surface area contributed by atoms with Crippen LogP contribution >= 0.6 is 22.9 Å². The lowest BCUT2D eigenvalue weighted by Gasteiger charge is -2.24. The maximum absolute atomic E-state index is 12.5. The normalized spacial score (nSPS) is 13.6. The van der Waals surface area contributed by atoms with E-state index in [-0.39, 0.29) is 9.96 Å². The minimum atomic E-state index is -3.63. The summed E-state index contributed by atoms with van der Waals surface area (Å²) in [6.45, 7) is 1.72. The zero-order chi connectivity index (χ0) is 14.9. The largest absolute Gasteiger partial charge is 0.508 e. The number of nitrogens with zero attached hydrogens (tertiary/aromatic N) is 1. The smallest absolute Gasteiger partial charge is 0.252 e. The number of thiophene rings is 1. The van der Waals surface area contributed by atoms with Gasteiger partial charge < -0.3 is 5.11 Å². The van der Waals surface area contributed by atoms with Crippen molar-refractivity contribution >= 4 is 33.0 Å². The molecule has 4 nitrogen and oxygen atoms in total. The van der Waals surface area contributed by atoms with Crippen molar-refractivity contribution in [2.75, 3.05) is 7.05 Å². The van der Waals surface area contributed by atoms with Crippen LogP contribution < -0.4 is 0 Å². The molecule has 0 bridgehead atoms. The Labute approximate surface area is 127 Å². The van der Waals surface area contributed by atoms with E-state index in [2.05, 4.69) is 0 Å². The maximum Gasteiger partial charge on any atom is 0.252 e. The van der Waals surface area contributed by atoms with Gasteiger partial charge in [-0.3, -0.25) is 0 Å². The third kappa shape index (κ3) is 2.83. The molecule has 1 heterocycles. The number of phenols is 1. The molecule has 0 aliphatic carbocycles. The maximum atomic E-state index is 12.5. The van der Waals surface area contributed by atoms with Crippen LogP contribution in [0, 0.1) is 0 Å².